The van der Waals surface area contributed by atoms with Crippen molar-refractivity contribution < 1.29 is 31.5 Å². The third kappa shape index (κ3) is 4.39. The zero-order chi connectivity index (χ0) is 31.0. The fourth-order valence-electron chi connectivity index (χ4n) is 6.90. The number of aliphatic carboxylic acids is 1. The van der Waals surface area contributed by atoms with E-state index in [-0.39, 0.29) is 30.1 Å². The molecule has 1 saturated heterocycles. The van der Waals surface area contributed by atoms with E-state index in [2.05, 4.69) is 25.4 Å². The summed E-state index contributed by atoms with van der Waals surface area (Å²) in [5.74, 6) is -2.59. The van der Waals surface area contributed by atoms with E-state index in [4.69, 9.17) is 0 Å². The second-order valence-electron chi connectivity index (χ2n) is 11.5. The van der Waals surface area contributed by atoms with Crippen LogP contribution in [0.25, 0.3) is 5.65 Å². The van der Waals surface area contributed by atoms with Crippen molar-refractivity contribution in [3.63, 3.8) is 0 Å². The summed E-state index contributed by atoms with van der Waals surface area (Å²) in [5, 5.41) is 20.6. The molecule has 230 valence electrons. The molecule has 0 saturated carbocycles. The van der Waals surface area contributed by atoms with Crippen LogP contribution in [0.3, 0.4) is 0 Å². The predicted molar refractivity (Wildman–Crippen MR) is 153 cm³/mol. The molecule has 3 aromatic heterocycles. The first-order chi connectivity index (χ1) is 20.9. The van der Waals surface area contributed by atoms with Gasteiger partial charge in [0.25, 0.3) is 0 Å². The number of piperidine rings is 1. The van der Waals surface area contributed by atoms with Crippen molar-refractivity contribution in [1.82, 2.24) is 23.9 Å². The molecule has 0 aliphatic carbocycles. The van der Waals surface area contributed by atoms with E-state index in [1.807, 2.05) is 6.07 Å². The molecule has 1 unspecified atom stereocenters. The van der Waals surface area contributed by atoms with Crippen LogP contribution in [0, 0.1) is 6.92 Å². The lowest BCUT2D eigenvalue weighted by molar-refractivity contribution is -0.145. The molecule has 0 radical (unpaired) electrons. The molecule has 6 heterocycles. The average Bonchev–Trinajstić information content (AvgIpc) is 3.33. The predicted octanol–water partition coefficient (Wildman–Crippen LogP) is 4.37. The number of nitrogens with one attached hydrogen (secondary N) is 1. The molecule has 0 amide bonds. The van der Waals surface area contributed by atoms with Crippen molar-refractivity contribution >= 4 is 33.1 Å². The van der Waals surface area contributed by atoms with Gasteiger partial charge in [0, 0.05) is 37.1 Å². The van der Waals surface area contributed by atoms with Crippen LogP contribution in [0.2, 0.25) is 0 Å². The van der Waals surface area contributed by atoms with Crippen LogP contribution in [0.1, 0.15) is 59.7 Å². The number of hydrogen-bond donors (Lipinski definition) is 2. The number of anilines is 2. The summed E-state index contributed by atoms with van der Waals surface area (Å²) in [4.78, 5) is 18.8. The smallest absolute Gasteiger partial charge is 0.452 e. The summed E-state index contributed by atoms with van der Waals surface area (Å²) in [7, 11) is -3.94. The van der Waals surface area contributed by atoms with Crippen molar-refractivity contribution in [2.45, 2.75) is 61.8 Å². The Morgan fingerprint density at radius 3 is 2.77 bits per heavy atom. The number of aryl methyl sites for hydroxylation is 1. The van der Waals surface area contributed by atoms with Gasteiger partial charge in [-0.3, -0.25) is 9.20 Å². The lowest BCUT2D eigenvalue weighted by Crippen LogP contribution is -2.61. The van der Waals surface area contributed by atoms with Gasteiger partial charge in [-0.05, 0) is 72.7 Å². The molecule has 15 heteroatoms. The minimum Gasteiger partial charge on any atom is -0.481 e. The maximum absolute atomic E-state index is 14.0. The number of benzene rings is 1. The van der Waals surface area contributed by atoms with Crippen molar-refractivity contribution in [1.29, 1.82) is 0 Å². The van der Waals surface area contributed by atoms with E-state index < -0.39 is 39.6 Å². The molecule has 4 aromatic rings. The zero-order valence-corrected chi connectivity index (χ0v) is 24.4. The normalized spacial score (nSPS) is 23.0. The average molecular weight is 628 g/mol. The summed E-state index contributed by atoms with van der Waals surface area (Å²) >= 11 is 0. The molecule has 44 heavy (non-hydrogen) atoms. The number of sulfonamides is 1. The van der Waals surface area contributed by atoms with Crippen molar-refractivity contribution in [3.8, 4) is 0 Å². The number of nitrogens with zero attached hydrogens (tertiary/aromatic N) is 6. The van der Waals surface area contributed by atoms with Gasteiger partial charge in [0.2, 0.25) is 15.8 Å². The lowest BCUT2D eigenvalue weighted by atomic mass is 9.85. The topological polar surface area (TPSA) is 133 Å². The molecular weight excluding hydrogens is 599 g/mol. The van der Waals surface area contributed by atoms with Gasteiger partial charge in [0.05, 0.1) is 13.0 Å². The number of aromatic nitrogens is 4. The SMILES string of the molecule is Cc1c([C@@H](CC(=O)O)c2ccc3c(c2)CN2C[C@]4(CCCCN4c4ncccc4S2(=O)=O)N3)ccn2c(C(F)(F)F)nnc12. The summed E-state index contributed by atoms with van der Waals surface area (Å²) in [6.07, 6.45) is 0.219. The molecule has 3 atom stereocenters. The number of rotatable bonds is 4. The minimum absolute atomic E-state index is 0.0207. The zero-order valence-electron chi connectivity index (χ0n) is 23.5. The quantitative estimate of drug-likeness (QED) is 0.338. The van der Waals surface area contributed by atoms with Gasteiger partial charge in [-0.15, -0.1) is 10.2 Å². The van der Waals surface area contributed by atoms with Gasteiger partial charge in [0.15, 0.2) is 11.5 Å². The standard InChI is InChI=1S/C29H28F3N7O4S/c1-17-20(8-12-38-25(17)35-36-27(38)29(30,31)32)21(14-24(40)41)18-6-7-22-19(13-18)15-37-16-28(34-22)9-2-3-11-39(28)26-23(44(37,42)43)5-4-10-33-26/h4-8,10,12-13,21,34H,2-3,9,11,14-16H2,1H3,(H,40,41)/t21-,28+/m0/s1. The molecule has 11 nitrogen and oxygen atoms in total. The minimum atomic E-state index is -4.71. The van der Waals surface area contributed by atoms with Crippen LogP contribution in [0.4, 0.5) is 24.7 Å². The molecule has 3 aliphatic heterocycles. The van der Waals surface area contributed by atoms with Gasteiger partial charge in [-0.2, -0.15) is 17.5 Å². The molecule has 3 aliphatic rings. The molecule has 2 N–H and O–H groups in total. The van der Waals surface area contributed by atoms with Gasteiger partial charge >= 0.3 is 12.1 Å². The first-order valence-electron chi connectivity index (χ1n) is 14.2. The van der Waals surface area contributed by atoms with Crippen LogP contribution >= 0.6 is 0 Å². The number of halogens is 3. The van der Waals surface area contributed by atoms with Crippen molar-refractivity contribution in [3.05, 3.63) is 76.9 Å². The molecule has 1 fully saturated rings. The van der Waals surface area contributed by atoms with E-state index >= 15 is 0 Å². The number of pyridine rings is 2. The fourth-order valence-corrected chi connectivity index (χ4v) is 8.51. The molecule has 7 rings (SSSR count). The van der Waals surface area contributed by atoms with Crippen LogP contribution in [0.5, 0.6) is 0 Å². The summed E-state index contributed by atoms with van der Waals surface area (Å²) in [6.45, 7) is 2.46. The highest BCUT2D eigenvalue weighted by Gasteiger charge is 2.50. The van der Waals surface area contributed by atoms with Crippen molar-refractivity contribution in [2.75, 3.05) is 23.3 Å². The Balaban J connectivity index is 1.34. The molecular formula is C29H28F3N7O4S. The number of hydrogen-bond acceptors (Lipinski definition) is 8. The lowest BCUT2D eigenvalue weighted by Gasteiger charge is -2.48. The highest BCUT2D eigenvalue weighted by molar-refractivity contribution is 7.89. The maximum atomic E-state index is 14.0. The first kappa shape index (κ1) is 28.5. The van der Waals surface area contributed by atoms with Gasteiger partial charge < -0.3 is 15.3 Å². The Labute approximate surface area is 250 Å². The Kier molecular flexibility index (Phi) is 6.41. The first-order valence-corrected chi connectivity index (χ1v) is 15.6. The number of alkyl halides is 3. The highest BCUT2D eigenvalue weighted by Crippen LogP contribution is 2.45. The Morgan fingerprint density at radius 1 is 1.18 bits per heavy atom. The van der Waals surface area contributed by atoms with E-state index in [1.54, 1.807) is 37.4 Å². The monoisotopic (exact) mass is 627 g/mol. The summed E-state index contributed by atoms with van der Waals surface area (Å²) in [6, 6.07) is 10.1. The maximum Gasteiger partial charge on any atom is 0.452 e. The molecule has 1 spiro atoms. The van der Waals surface area contributed by atoms with E-state index in [0.29, 0.717) is 41.0 Å². The number of carboxylic acid groups (broad SMARTS) is 1. The molecule has 1 aromatic carbocycles. The fraction of sp³-hybridized carbons (Fsp3) is 0.379. The Morgan fingerprint density at radius 2 is 2.00 bits per heavy atom. The Bertz CT molecular complexity index is 1930. The van der Waals surface area contributed by atoms with Crippen LogP contribution in [-0.2, 0) is 27.5 Å². The third-order valence-corrected chi connectivity index (χ3v) is 10.7. The van der Waals surface area contributed by atoms with Crippen LogP contribution in [-0.4, -0.2) is 62.1 Å². The number of carboxylic acids is 1. The summed E-state index contributed by atoms with van der Waals surface area (Å²) < 4.78 is 70.8. The molecule has 2 bridgehead atoms. The largest absolute Gasteiger partial charge is 0.481 e. The van der Waals surface area contributed by atoms with Crippen LogP contribution < -0.4 is 10.2 Å². The van der Waals surface area contributed by atoms with Crippen LogP contribution in [0.15, 0.2) is 53.7 Å². The number of carbonyl (C=O) groups is 1. The van der Waals surface area contributed by atoms with Crippen molar-refractivity contribution in [2.24, 2.45) is 0 Å². The second-order valence-corrected chi connectivity index (χ2v) is 13.4. The van der Waals surface area contributed by atoms with Gasteiger partial charge in [-0.25, -0.2) is 13.4 Å². The van der Waals surface area contributed by atoms with E-state index in [9.17, 15) is 31.5 Å². The number of fused-ring (bicyclic) bond motifs is 5. The van der Waals surface area contributed by atoms with Gasteiger partial charge in [0.1, 0.15) is 10.6 Å². The van der Waals surface area contributed by atoms with E-state index in [1.165, 1.54) is 16.6 Å². The third-order valence-electron chi connectivity index (χ3n) is 8.92. The second kappa shape index (κ2) is 9.89. The highest BCUT2D eigenvalue weighted by atomic mass is 32.2. The van der Waals surface area contributed by atoms with E-state index in [0.717, 1.165) is 22.9 Å². The summed E-state index contributed by atoms with van der Waals surface area (Å²) in [5.41, 5.74) is 2.08. The van der Waals surface area contributed by atoms with Gasteiger partial charge in [-0.1, -0.05) is 12.1 Å². The Hall–Kier alpha value is -4.24.